The zero-order valence-corrected chi connectivity index (χ0v) is 16.4. The number of hydrogen-bond donors (Lipinski definition) is 1. The van der Waals surface area contributed by atoms with Gasteiger partial charge in [-0.05, 0) is 41.6 Å². The fraction of sp³-hybridized carbons (Fsp3) is 0.227. The predicted octanol–water partition coefficient (Wildman–Crippen LogP) is 4.63. The zero-order chi connectivity index (χ0) is 19.8. The minimum atomic E-state index is -0.858. The molecule has 1 atom stereocenters. The number of carboxylic acid groups (broad SMARTS) is 1. The van der Waals surface area contributed by atoms with Gasteiger partial charge in [-0.1, -0.05) is 36.4 Å². The first-order chi connectivity index (χ1) is 13.7. The smallest absolute Gasteiger partial charge is 0.312 e. The van der Waals surface area contributed by atoms with Crippen LogP contribution in [0.1, 0.15) is 16.4 Å². The highest BCUT2D eigenvalue weighted by Gasteiger charge is 2.24. The zero-order valence-electron chi connectivity index (χ0n) is 15.5. The van der Waals surface area contributed by atoms with E-state index in [1.54, 1.807) is 13.2 Å². The maximum atomic E-state index is 11.8. The topological polar surface area (TPSA) is 65.0 Å². The molecule has 3 aromatic rings. The molecule has 1 aromatic heterocycles. The predicted molar refractivity (Wildman–Crippen MR) is 109 cm³/mol. The van der Waals surface area contributed by atoms with Crippen molar-refractivity contribution in [3.63, 3.8) is 0 Å². The lowest BCUT2D eigenvalue weighted by Gasteiger charge is -2.17. The van der Waals surface area contributed by atoms with Gasteiger partial charge >= 0.3 is 5.97 Å². The van der Waals surface area contributed by atoms with E-state index < -0.39 is 11.9 Å². The molecule has 146 valence electrons. The molecule has 0 radical (unpaired) electrons. The van der Waals surface area contributed by atoms with Gasteiger partial charge in [-0.3, -0.25) is 4.79 Å². The molecule has 28 heavy (non-hydrogen) atoms. The highest BCUT2D eigenvalue weighted by atomic mass is 32.1. The van der Waals surface area contributed by atoms with Crippen molar-refractivity contribution in [1.29, 1.82) is 0 Å². The van der Waals surface area contributed by atoms with Crippen molar-refractivity contribution in [2.75, 3.05) is 20.3 Å². The van der Waals surface area contributed by atoms with Gasteiger partial charge in [-0.25, -0.2) is 0 Å². The van der Waals surface area contributed by atoms with Gasteiger partial charge in [0.05, 0.1) is 13.0 Å². The molecule has 0 amide bonds. The summed E-state index contributed by atoms with van der Waals surface area (Å²) in [5.41, 5.74) is 0.792. The lowest BCUT2D eigenvalue weighted by atomic mass is 9.97. The molecule has 0 saturated heterocycles. The minimum absolute atomic E-state index is 0.318. The third kappa shape index (κ3) is 5.04. The first-order valence-electron chi connectivity index (χ1n) is 8.91. The van der Waals surface area contributed by atoms with Gasteiger partial charge in [-0.15, -0.1) is 11.3 Å². The van der Waals surface area contributed by atoms with Crippen molar-refractivity contribution in [2.24, 2.45) is 0 Å². The molecule has 0 aliphatic rings. The first-order valence-corrected chi connectivity index (χ1v) is 9.79. The fourth-order valence-electron chi connectivity index (χ4n) is 2.89. The molecule has 1 unspecified atom stereocenters. The number of carboxylic acids is 1. The molecule has 2 aromatic carbocycles. The van der Waals surface area contributed by atoms with Crippen molar-refractivity contribution < 1.29 is 24.1 Å². The van der Waals surface area contributed by atoms with Gasteiger partial charge < -0.3 is 19.3 Å². The Labute approximate surface area is 168 Å². The summed E-state index contributed by atoms with van der Waals surface area (Å²) in [7, 11) is 1.57. The van der Waals surface area contributed by atoms with Crippen LogP contribution in [0.3, 0.4) is 0 Å². The average molecular weight is 398 g/mol. The van der Waals surface area contributed by atoms with Crippen LogP contribution in [0.25, 0.3) is 0 Å². The van der Waals surface area contributed by atoms with Crippen molar-refractivity contribution >= 4 is 17.3 Å². The highest BCUT2D eigenvalue weighted by Crippen LogP contribution is 2.35. The quantitative estimate of drug-likeness (QED) is 0.505. The van der Waals surface area contributed by atoms with E-state index in [1.807, 2.05) is 60.0 Å². The Hall–Kier alpha value is -2.99. The summed E-state index contributed by atoms with van der Waals surface area (Å²) in [6.45, 7) is 0.688. The third-order valence-corrected chi connectivity index (χ3v) is 5.22. The lowest BCUT2D eigenvalue weighted by Crippen LogP contribution is -2.15. The summed E-state index contributed by atoms with van der Waals surface area (Å²) in [4.78, 5) is 12.6. The van der Waals surface area contributed by atoms with Crippen molar-refractivity contribution in [3.05, 3.63) is 76.5 Å². The van der Waals surface area contributed by atoms with Gasteiger partial charge in [0.25, 0.3) is 0 Å². The molecule has 1 N–H and O–H groups in total. The minimum Gasteiger partial charge on any atom is -0.493 e. The Morgan fingerprint density at radius 3 is 2.46 bits per heavy atom. The summed E-state index contributed by atoms with van der Waals surface area (Å²) in [5, 5.41) is 11.6. The number of ether oxygens (including phenoxy) is 3. The van der Waals surface area contributed by atoms with E-state index in [1.165, 1.54) is 11.3 Å². The molecule has 3 rings (SSSR count). The van der Waals surface area contributed by atoms with E-state index in [-0.39, 0.29) is 0 Å². The summed E-state index contributed by atoms with van der Waals surface area (Å²) < 4.78 is 17.0. The third-order valence-electron chi connectivity index (χ3n) is 4.23. The van der Waals surface area contributed by atoms with Crippen molar-refractivity contribution in [1.82, 2.24) is 0 Å². The van der Waals surface area contributed by atoms with Crippen LogP contribution >= 0.6 is 11.3 Å². The SMILES string of the molecule is COc1cccc(CC(C(=O)O)c2cccs2)c1OCCOc1ccccc1. The van der Waals surface area contributed by atoms with Crippen LogP contribution in [0.4, 0.5) is 0 Å². The average Bonchev–Trinajstić information content (AvgIpc) is 3.24. The van der Waals surface area contributed by atoms with Crippen LogP contribution in [-0.2, 0) is 11.2 Å². The van der Waals surface area contributed by atoms with E-state index >= 15 is 0 Å². The molecule has 0 saturated carbocycles. The lowest BCUT2D eigenvalue weighted by molar-refractivity contribution is -0.138. The van der Waals surface area contributed by atoms with E-state index in [9.17, 15) is 9.90 Å². The number of rotatable bonds is 10. The number of aliphatic carboxylic acids is 1. The number of benzene rings is 2. The summed E-state index contributed by atoms with van der Waals surface area (Å²) in [6, 6.07) is 18.7. The number of hydrogen-bond acceptors (Lipinski definition) is 5. The maximum Gasteiger partial charge on any atom is 0.312 e. The van der Waals surface area contributed by atoms with E-state index in [2.05, 4.69) is 0 Å². The second-order valence-electron chi connectivity index (χ2n) is 6.07. The molecule has 0 bridgehead atoms. The van der Waals surface area contributed by atoms with Gasteiger partial charge in [-0.2, -0.15) is 0 Å². The van der Waals surface area contributed by atoms with Crippen LogP contribution in [-0.4, -0.2) is 31.4 Å². The van der Waals surface area contributed by atoms with Gasteiger partial charge in [0.1, 0.15) is 19.0 Å². The Kier molecular flexibility index (Phi) is 6.92. The molecule has 5 nitrogen and oxygen atoms in total. The second kappa shape index (κ2) is 9.80. The molecular weight excluding hydrogens is 376 g/mol. The Bertz CT molecular complexity index is 877. The standard InChI is InChI=1S/C22H22O5S/c1-25-19-10-5-7-16(15-18(22(23)24)20-11-6-14-28-20)21(19)27-13-12-26-17-8-3-2-4-9-17/h2-11,14,18H,12-13,15H2,1H3,(H,23,24). The van der Waals surface area contributed by atoms with E-state index in [4.69, 9.17) is 14.2 Å². The monoisotopic (exact) mass is 398 g/mol. The van der Waals surface area contributed by atoms with Gasteiger partial charge in [0, 0.05) is 4.88 Å². The molecule has 0 aliphatic heterocycles. The van der Waals surface area contributed by atoms with Crippen LogP contribution < -0.4 is 14.2 Å². The van der Waals surface area contributed by atoms with E-state index in [0.29, 0.717) is 31.1 Å². The summed E-state index contributed by atoms with van der Waals surface area (Å²) in [5.74, 6) is 0.422. The van der Waals surface area contributed by atoms with Crippen LogP contribution in [0.5, 0.6) is 17.2 Å². The van der Waals surface area contributed by atoms with Gasteiger partial charge in [0.15, 0.2) is 11.5 Å². The Morgan fingerprint density at radius 1 is 1.00 bits per heavy atom. The highest BCUT2D eigenvalue weighted by molar-refractivity contribution is 7.10. The number of methoxy groups -OCH3 is 1. The molecule has 0 fully saturated rings. The van der Waals surface area contributed by atoms with Crippen molar-refractivity contribution in [2.45, 2.75) is 12.3 Å². The second-order valence-corrected chi connectivity index (χ2v) is 7.05. The molecule has 0 spiro atoms. The van der Waals surface area contributed by atoms with Gasteiger partial charge in [0.2, 0.25) is 0 Å². The van der Waals surface area contributed by atoms with Crippen LogP contribution in [0.2, 0.25) is 0 Å². The number of thiophene rings is 1. The van der Waals surface area contributed by atoms with E-state index in [0.717, 1.165) is 16.2 Å². The Morgan fingerprint density at radius 2 is 1.79 bits per heavy atom. The molecule has 6 heteroatoms. The summed E-state index contributed by atoms with van der Waals surface area (Å²) in [6.07, 6.45) is 0.321. The normalized spacial score (nSPS) is 11.6. The first kappa shape index (κ1) is 19.8. The maximum absolute atomic E-state index is 11.8. The number of para-hydroxylation sites is 2. The largest absolute Gasteiger partial charge is 0.493 e. The van der Waals surface area contributed by atoms with Crippen LogP contribution in [0.15, 0.2) is 66.0 Å². The Balaban J connectivity index is 1.71. The molecule has 0 aliphatic carbocycles. The number of carbonyl (C=O) groups is 1. The molecular formula is C22H22O5S. The fourth-order valence-corrected chi connectivity index (χ4v) is 3.71. The van der Waals surface area contributed by atoms with Crippen molar-refractivity contribution in [3.8, 4) is 17.2 Å². The summed E-state index contributed by atoms with van der Waals surface area (Å²) >= 11 is 1.44. The molecule has 1 heterocycles. The van der Waals surface area contributed by atoms with Crippen LogP contribution in [0, 0.1) is 0 Å².